The summed E-state index contributed by atoms with van der Waals surface area (Å²) in [5.74, 6) is -0.0311. The molecule has 0 unspecified atom stereocenters. The van der Waals surface area contributed by atoms with Crippen LogP contribution in [0.5, 0.6) is 0 Å². The third-order valence-electron chi connectivity index (χ3n) is 3.48. The summed E-state index contributed by atoms with van der Waals surface area (Å²) < 4.78 is 5.41. The van der Waals surface area contributed by atoms with Gasteiger partial charge in [-0.1, -0.05) is 30.3 Å². The number of carbonyl (C=O) groups excluding carboxylic acids is 1. The van der Waals surface area contributed by atoms with Crippen molar-refractivity contribution in [3.05, 3.63) is 35.9 Å². The maximum atomic E-state index is 11.7. The number of rotatable bonds is 5. The van der Waals surface area contributed by atoms with E-state index in [1.807, 2.05) is 30.3 Å². The lowest BCUT2D eigenvalue weighted by molar-refractivity contribution is -0.127. The van der Waals surface area contributed by atoms with Crippen LogP contribution in [-0.4, -0.2) is 24.6 Å². The van der Waals surface area contributed by atoms with Crippen LogP contribution in [0.25, 0.3) is 0 Å². The van der Waals surface area contributed by atoms with E-state index in [1.54, 1.807) is 0 Å². The summed E-state index contributed by atoms with van der Waals surface area (Å²) in [6, 6.07) is 10.4. The van der Waals surface area contributed by atoms with Gasteiger partial charge in [0, 0.05) is 12.1 Å². The lowest BCUT2D eigenvalue weighted by atomic mass is 9.92. The van der Waals surface area contributed by atoms with Crippen molar-refractivity contribution in [1.29, 1.82) is 0 Å². The number of carbonyl (C=O) groups is 1. The minimum Gasteiger partial charge on any atom is -0.367 e. The molecule has 1 saturated carbocycles. The van der Waals surface area contributed by atoms with Gasteiger partial charge >= 0.3 is 0 Å². The third-order valence-corrected chi connectivity index (χ3v) is 3.48. The molecule has 1 aromatic carbocycles. The Balaban J connectivity index is 1.62. The molecular weight excluding hydrogens is 240 g/mol. The number of hydrogen-bond donors (Lipinski definition) is 2. The van der Waals surface area contributed by atoms with E-state index >= 15 is 0 Å². The fraction of sp³-hybridized carbons (Fsp3) is 0.533. The molecule has 0 radical (unpaired) electrons. The highest BCUT2D eigenvalue weighted by Gasteiger charge is 2.19. The van der Waals surface area contributed by atoms with Gasteiger partial charge in [-0.15, -0.1) is 0 Å². The van der Waals surface area contributed by atoms with Crippen molar-refractivity contribution in [1.82, 2.24) is 5.32 Å². The largest absolute Gasteiger partial charge is 0.367 e. The molecule has 1 amide bonds. The third kappa shape index (κ3) is 5.01. The molecule has 4 heteroatoms. The maximum absolute atomic E-state index is 11.7. The van der Waals surface area contributed by atoms with Crippen molar-refractivity contribution in [2.24, 2.45) is 5.73 Å². The molecule has 0 spiro atoms. The van der Waals surface area contributed by atoms with E-state index in [2.05, 4.69) is 5.32 Å². The molecule has 0 saturated heterocycles. The van der Waals surface area contributed by atoms with Crippen LogP contribution >= 0.6 is 0 Å². The van der Waals surface area contributed by atoms with Crippen molar-refractivity contribution in [2.45, 2.75) is 44.4 Å². The minimum atomic E-state index is -0.0311. The predicted molar refractivity (Wildman–Crippen MR) is 74.5 cm³/mol. The topological polar surface area (TPSA) is 64.3 Å². The average molecular weight is 262 g/mol. The van der Waals surface area contributed by atoms with Crippen LogP contribution < -0.4 is 11.1 Å². The molecule has 0 aromatic heterocycles. The quantitative estimate of drug-likeness (QED) is 0.847. The van der Waals surface area contributed by atoms with E-state index in [0.717, 1.165) is 31.2 Å². The Morgan fingerprint density at radius 1 is 1.21 bits per heavy atom. The van der Waals surface area contributed by atoms with Gasteiger partial charge < -0.3 is 15.8 Å². The van der Waals surface area contributed by atoms with Crippen molar-refractivity contribution >= 4 is 5.91 Å². The summed E-state index contributed by atoms with van der Waals surface area (Å²) in [5, 5.41) is 3.01. The molecule has 1 aliphatic carbocycles. The van der Waals surface area contributed by atoms with Gasteiger partial charge in [0.15, 0.2) is 0 Å². The molecule has 0 aliphatic heterocycles. The van der Waals surface area contributed by atoms with E-state index in [9.17, 15) is 4.79 Å². The Bertz CT molecular complexity index is 386. The van der Waals surface area contributed by atoms with Gasteiger partial charge in [0.05, 0.1) is 6.61 Å². The smallest absolute Gasteiger partial charge is 0.246 e. The monoisotopic (exact) mass is 262 g/mol. The molecule has 1 aromatic rings. The first-order valence-electron chi connectivity index (χ1n) is 6.90. The zero-order chi connectivity index (χ0) is 13.5. The highest BCUT2D eigenvalue weighted by Crippen LogP contribution is 2.16. The Labute approximate surface area is 114 Å². The Morgan fingerprint density at radius 2 is 1.89 bits per heavy atom. The molecule has 104 valence electrons. The maximum Gasteiger partial charge on any atom is 0.246 e. The van der Waals surface area contributed by atoms with Gasteiger partial charge in [-0.05, 0) is 31.2 Å². The van der Waals surface area contributed by atoms with Gasteiger partial charge in [-0.2, -0.15) is 0 Å². The van der Waals surface area contributed by atoms with E-state index in [4.69, 9.17) is 10.5 Å². The van der Waals surface area contributed by atoms with Gasteiger partial charge in [0.25, 0.3) is 0 Å². The minimum absolute atomic E-state index is 0.0311. The van der Waals surface area contributed by atoms with E-state index < -0.39 is 0 Å². The number of benzene rings is 1. The normalized spacial score (nSPS) is 23.0. The first kappa shape index (κ1) is 14.0. The first-order chi connectivity index (χ1) is 9.24. The summed E-state index contributed by atoms with van der Waals surface area (Å²) in [5.41, 5.74) is 6.92. The molecule has 1 fully saturated rings. The molecule has 19 heavy (non-hydrogen) atoms. The van der Waals surface area contributed by atoms with Crippen LogP contribution in [0.3, 0.4) is 0 Å². The van der Waals surface area contributed by atoms with Gasteiger partial charge in [-0.3, -0.25) is 4.79 Å². The second-order valence-corrected chi connectivity index (χ2v) is 5.16. The van der Waals surface area contributed by atoms with Crippen LogP contribution in [0, 0.1) is 0 Å². The molecule has 0 atom stereocenters. The van der Waals surface area contributed by atoms with E-state index in [0.29, 0.717) is 12.6 Å². The van der Waals surface area contributed by atoms with Crippen molar-refractivity contribution in [3.8, 4) is 0 Å². The standard InChI is InChI=1S/C15H22N2O2/c16-13-6-8-14(9-7-13)17-15(18)11-19-10-12-4-2-1-3-5-12/h1-5,13-14H,6-11,16H2,(H,17,18). The second-order valence-electron chi connectivity index (χ2n) is 5.16. The van der Waals surface area contributed by atoms with E-state index in [-0.39, 0.29) is 18.6 Å². The number of nitrogens with one attached hydrogen (secondary N) is 1. The predicted octanol–water partition coefficient (Wildman–Crippen LogP) is 1.59. The number of amides is 1. The molecule has 2 rings (SSSR count). The van der Waals surface area contributed by atoms with Crippen LogP contribution in [0.4, 0.5) is 0 Å². The van der Waals surface area contributed by atoms with Crippen molar-refractivity contribution in [2.75, 3.05) is 6.61 Å². The fourth-order valence-corrected chi connectivity index (χ4v) is 2.37. The molecule has 4 nitrogen and oxygen atoms in total. The second kappa shape index (κ2) is 7.26. The first-order valence-corrected chi connectivity index (χ1v) is 6.90. The zero-order valence-corrected chi connectivity index (χ0v) is 11.2. The lowest BCUT2D eigenvalue weighted by Gasteiger charge is -2.26. The Morgan fingerprint density at radius 3 is 2.58 bits per heavy atom. The van der Waals surface area contributed by atoms with Crippen LogP contribution in [0.2, 0.25) is 0 Å². The number of ether oxygens (including phenoxy) is 1. The molecule has 1 aliphatic rings. The Kier molecular flexibility index (Phi) is 5.36. The molecular formula is C15H22N2O2. The van der Waals surface area contributed by atoms with Crippen molar-refractivity contribution < 1.29 is 9.53 Å². The van der Waals surface area contributed by atoms with E-state index in [1.165, 1.54) is 0 Å². The number of nitrogens with two attached hydrogens (primary N) is 1. The summed E-state index contributed by atoms with van der Waals surface area (Å²) in [7, 11) is 0. The summed E-state index contributed by atoms with van der Waals surface area (Å²) in [4.78, 5) is 11.7. The Hall–Kier alpha value is -1.39. The van der Waals surface area contributed by atoms with Gasteiger partial charge in [0.1, 0.15) is 6.61 Å². The summed E-state index contributed by atoms with van der Waals surface area (Å²) in [6.45, 7) is 0.598. The highest BCUT2D eigenvalue weighted by molar-refractivity contribution is 5.77. The highest BCUT2D eigenvalue weighted by atomic mass is 16.5. The van der Waals surface area contributed by atoms with Gasteiger partial charge in [-0.25, -0.2) is 0 Å². The fourth-order valence-electron chi connectivity index (χ4n) is 2.37. The van der Waals surface area contributed by atoms with Gasteiger partial charge in [0.2, 0.25) is 5.91 Å². The number of hydrogen-bond acceptors (Lipinski definition) is 3. The molecule has 0 bridgehead atoms. The summed E-state index contributed by atoms with van der Waals surface area (Å²) >= 11 is 0. The molecule has 0 heterocycles. The van der Waals surface area contributed by atoms with Crippen LogP contribution in [0.15, 0.2) is 30.3 Å². The SMILES string of the molecule is NC1CCC(NC(=O)COCc2ccccc2)CC1. The average Bonchev–Trinajstić information content (AvgIpc) is 2.43. The lowest BCUT2D eigenvalue weighted by Crippen LogP contribution is -2.41. The zero-order valence-electron chi connectivity index (χ0n) is 11.2. The van der Waals surface area contributed by atoms with Crippen LogP contribution in [0.1, 0.15) is 31.2 Å². The summed E-state index contributed by atoms with van der Waals surface area (Å²) in [6.07, 6.45) is 3.95. The molecule has 3 N–H and O–H groups in total. The van der Waals surface area contributed by atoms with Crippen molar-refractivity contribution in [3.63, 3.8) is 0 Å². The van der Waals surface area contributed by atoms with Crippen LogP contribution in [-0.2, 0) is 16.1 Å².